The first kappa shape index (κ1) is 18.3. The van der Waals surface area contributed by atoms with Crippen molar-refractivity contribution < 1.29 is 13.9 Å². The smallest absolute Gasteiger partial charge is 0.166 e. The molecule has 3 nitrogen and oxygen atoms in total. The molecule has 0 aromatic heterocycles. The Morgan fingerprint density at radius 1 is 1.07 bits per heavy atom. The van der Waals surface area contributed by atoms with Crippen molar-refractivity contribution in [3.63, 3.8) is 0 Å². The van der Waals surface area contributed by atoms with Crippen LogP contribution in [-0.4, -0.2) is 36.0 Å². The van der Waals surface area contributed by atoms with Gasteiger partial charge in [-0.1, -0.05) is 30.3 Å². The zero-order chi connectivity index (χ0) is 19.0. The molecule has 27 heavy (non-hydrogen) atoms. The molecule has 0 spiro atoms. The number of piperidine rings is 1. The van der Waals surface area contributed by atoms with Crippen molar-refractivity contribution in [1.82, 2.24) is 4.90 Å². The van der Waals surface area contributed by atoms with Crippen molar-refractivity contribution in [2.75, 3.05) is 13.2 Å². The molecule has 0 amide bonds. The number of ether oxygens (including phenoxy) is 1. The fourth-order valence-corrected chi connectivity index (χ4v) is 4.58. The Morgan fingerprint density at radius 3 is 2.26 bits per heavy atom. The summed E-state index contributed by atoms with van der Waals surface area (Å²) in [6.45, 7) is 5.70. The van der Waals surface area contributed by atoms with Crippen molar-refractivity contribution in [1.29, 1.82) is 0 Å². The summed E-state index contributed by atoms with van der Waals surface area (Å²) < 4.78 is 19.7. The highest BCUT2D eigenvalue weighted by Gasteiger charge is 2.41. The molecule has 2 fully saturated rings. The van der Waals surface area contributed by atoms with Crippen molar-refractivity contribution in [2.24, 2.45) is 5.92 Å². The van der Waals surface area contributed by atoms with Crippen LogP contribution in [0.1, 0.15) is 39.9 Å². The van der Waals surface area contributed by atoms with Crippen LogP contribution in [0.2, 0.25) is 0 Å². The lowest BCUT2D eigenvalue weighted by molar-refractivity contribution is -0.0872. The van der Waals surface area contributed by atoms with Crippen LogP contribution < -0.4 is 0 Å². The molecule has 0 N–H and O–H groups in total. The van der Waals surface area contributed by atoms with E-state index < -0.39 is 0 Å². The van der Waals surface area contributed by atoms with Gasteiger partial charge < -0.3 is 4.74 Å². The van der Waals surface area contributed by atoms with Crippen molar-refractivity contribution in [3.05, 3.63) is 70.5 Å². The standard InChI is InChI=1S/C23H26FNO2/c1-15-8-18(9-16(2)22(15)24)23(26)19-10-20-13-27-14-21(11-19)25(20)12-17-6-4-3-5-7-17/h3-9,19-21H,10-14H2,1-2H3. The maximum Gasteiger partial charge on any atom is 0.166 e. The van der Waals surface area contributed by atoms with Gasteiger partial charge in [0.2, 0.25) is 0 Å². The highest BCUT2D eigenvalue weighted by Crippen LogP contribution is 2.35. The van der Waals surface area contributed by atoms with Gasteiger partial charge in [0.25, 0.3) is 0 Å². The zero-order valence-electron chi connectivity index (χ0n) is 16.0. The molecule has 142 valence electrons. The van der Waals surface area contributed by atoms with Crippen LogP contribution in [0.4, 0.5) is 4.39 Å². The molecule has 2 unspecified atom stereocenters. The van der Waals surface area contributed by atoms with Gasteiger partial charge in [-0.3, -0.25) is 9.69 Å². The third-order valence-corrected chi connectivity index (χ3v) is 5.97. The molecule has 0 radical (unpaired) electrons. The molecule has 0 saturated carbocycles. The predicted molar refractivity (Wildman–Crippen MR) is 103 cm³/mol. The number of Topliss-reactive ketones (excluding diaryl/α,β-unsaturated/α-hetero) is 1. The maximum absolute atomic E-state index is 13.9. The molecule has 2 atom stereocenters. The molecule has 2 aliphatic heterocycles. The second-order valence-corrected chi connectivity index (χ2v) is 7.96. The summed E-state index contributed by atoms with van der Waals surface area (Å²) in [7, 11) is 0. The van der Waals surface area contributed by atoms with E-state index in [-0.39, 0.29) is 29.6 Å². The summed E-state index contributed by atoms with van der Waals surface area (Å²) in [5.41, 5.74) is 3.03. The summed E-state index contributed by atoms with van der Waals surface area (Å²) in [6, 6.07) is 14.4. The number of aryl methyl sites for hydroxylation is 2. The van der Waals surface area contributed by atoms with Crippen LogP contribution >= 0.6 is 0 Å². The fourth-order valence-electron chi connectivity index (χ4n) is 4.58. The van der Waals surface area contributed by atoms with E-state index in [0.717, 1.165) is 19.4 Å². The number of halogens is 1. The predicted octanol–water partition coefficient (Wildman–Crippen LogP) is 4.30. The van der Waals surface area contributed by atoms with Crippen LogP contribution in [0.3, 0.4) is 0 Å². The number of ketones is 1. The lowest BCUT2D eigenvalue weighted by Gasteiger charge is -2.48. The van der Waals surface area contributed by atoms with Gasteiger partial charge in [0.1, 0.15) is 5.82 Å². The van der Waals surface area contributed by atoms with Crippen LogP contribution in [-0.2, 0) is 11.3 Å². The largest absolute Gasteiger partial charge is 0.378 e. The molecular formula is C23H26FNO2. The van der Waals surface area contributed by atoms with Crippen LogP contribution in [0.25, 0.3) is 0 Å². The Balaban J connectivity index is 1.52. The van der Waals surface area contributed by atoms with Gasteiger partial charge in [-0.2, -0.15) is 0 Å². The van der Waals surface area contributed by atoms with Gasteiger partial charge >= 0.3 is 0 Å². The third-order valence-electron chi connectivity index (χ3n) is 5.97. The highest BCUT2D eigenvalue weighted by molar-refractivity contribution is 5.98. The number of carbonyl (C=O) groups excluding carboxylic acids is 1. The van der Waals surface area contributed by atoms with Crippen molar-refractivity contribution in [3.8, 4) is 0 Å². The Kier molecular flexibility index (Phi) is 5.11. The lowest BCUT2D eigenvalue weighted by Crippen LogP contribution is -2.57. The molecule has 2 saturated heterocycles. The molecule has 2 bridgehead atoms. The lowest BCUT2D eigenvalue weighted by atomic mass is 9.80. The van der Waals surface area contributed by atoms with E-state index in [2.05, 4.69) is 29.2 Å². The van der Waals surface area contributed by atoms with Gasteiger partial charge in [-0.15, -0.1) is 0 Å². The summed E-state index contributed by atoms with van der Waals surface area (Å²) in [5.74, 6) is -0.0767. The molecule has 2 aromatic carbocycles. The van der Waals surface area contributed by atoms with E-state index in [4.69, 9.17) is 4.74 Å². The van der Waals surface area contributed by atoms with Crippen molar-refractivity contribution in [2.45, 2.75) is 45.3 Å². The zero-order valence-corrected chi connectivity index (χ0v) is 16.0. The third kappa shape index (κ3) is 3.69. The Morgan fingerprint density at radius 2 is 1.67 bits per heavy atom. The average Bonchev–Trinajstić information content (AvgIpc) is 2.65. The number of morpholine rings is 1. The molecule has 2 aliphatic rings. The minimum Gasteiger partial charge on any atom is -0.378 e. The van der Waals surface area contributed by atoms with Crippen molar-refractivity contribution >= 4 is 5.78 Å². The number of rotatable bonds is 4. The Labute approximate surface area is 160 Å². The first-order valence-electron chi connectivity index (χ1n) is 9.71. The number of benzene rings is 2. The molecule has 2 heterocycles. The van der Waals surface area contributed by atoms with E-state index in [1.54, 1.807) is 26.0 Å². The Hall–Kier alpha value is -2.04. The second-order valence-electron chi connectivity index (χ2n) is 7.96. The quantitative estimate of drug-likeness (QED) is 0.755. The van der Waals surface area contributed by atoms with E-state index in [1.165, 1.54) is 5.56 Å². The van der Waals surface area contributed by atoms with Gasteiger partial charge in [0.05, 0.1) is 13.2 Å². The maximum atomic E-state index is 13.9. The summed E-state index contributed by atoms with van der Waals surface area (Å²) >= 11 is 0. The van der Waals surface area contributed by atoms with Crippen LogP contribution in [0.5, 0.6) is 0 Å². The minimum absolute atomic E-state index is 0.0137. The summed E-state index contributed by atoms with van der Waals surface area (Å²) in [4.78, 5) is 15.6. The van der Waals surface area contributed by atoms with Gasteiger partial charge in [0.15, 0.2) is 5.78 Å². The molecule has 4 rings (SSSR count). The van der Waals surface area contributed by atoms with Gasteiger partial charge in [-0.05, 0) is 55.5 Å². The summed E-state index contributed by atoms with van der Waals surface area (Å²) in [5, 5.41) is 0. The Bertz CT molecular complexity index is 799. The second kappa shape index (κ2) is 7.53. The first-order valence-corrected chi connectivity index (χ1v) is 9.71. The number of carbonyl (C=O) groups is 1. The number of fused-ring (bicyclic) bond motifs is 2. The molecular weight excluding hydrogens is 341 g/mol. The molecule has 2 aromatic rings. The normalized spacial score (nSPS) is 25.4. The van der Waals surface area contributed by atoms with E-state index in [0.29, 0.717) is 29.9 Å². The SMILES string of the molecule is Cc1cc(C(=O)C2CC3COCC(C2)N3Cc2ccccc2)cc(C)c1F. The fraction of sp³-hybridized carbons (Fsp3) is 0.435. The topological polar surface area (TPSA) is 29.5 Å². The molecule has 4 heteroatoms. The first-order chi connectivity index (χ1) is 13.0. The van der Waals surface area contributed by atoms with E-state index >= 15 is 0 Å². The van der Waals surface area contributed by atoms with Gasteiger partial charge in [-0.25, -0.2) is 4.39 Å². The summed E-state index contributed by atoms with van der Waals surface area (Å²) in [6.07, 6.45) is 1.61. The average molecular weight is 367 g/mol. The number of nitrogens with zero attached hydrogens (tertiary/aromatic N) is 1. The van der Waals surface area contributed by atoms with Gasteiger partial charge in [0, 0.05) is 30.1 Å². The van der Waals surface area contributed by atoms with Crippen LogP contribution in [0, 0.1) is 25.6 Å². The molecule has 0 aliphatic carbocycles. The van der Waals surface area contributed by atoms with E-state index in [1.807, 2.05) is 6.07 Å². The minimum atomic E-state index is -0.213. The highest BCUT2D eigenvalue weighted by atomic mass is 19.1. The number of hydrogen-bond acceptors (Lipinski definition) is 3. The van der Waals surface area contributed by atoms with E-state index in [9.17, 15) is 9.18 Å². The van der Waals surface area contributed by atoms with Crippen LogP contribution in [0.15, 0.2) is 42.5 Å². The monoisotopic (exact) mass is 367 g/mol. The number of hydrogen-bond donors (Lipinski definition) is 0.